The van der Waals surface area contributed by atoms with Gasteiger partial charge < -0.3 is 15.1 Å². The Kier molecular flexibility index (Phi) is 5.31. The van der Waals surface area contributed by atoms with E-state index in [2.05, 4.69) is 33.1 Å². The van der Waals surface area contributed by atoms with E-state index in [1.807, 2.05) is 24.3 Å². The summed E-state index contributed by atoms with van der Waals surface area (Å²) in [6.07, 6.45) is 6.54. The highest BCUT2D eigenvalue weighted by Gasteiger charge is 2.41. The first-order valence-electron chi connectivity index (χ1n) is 11.6. The molecule has 3 aliphatic heterocycles. The maximum atomic E-state index is 13.5. The van der Waals surface area contributed by atoms with E-state index in [9.17, 15) is 10.1 Å². The summed E-state index contributed by atoms with van der Waals surface area (Å²) in [5, 5.41) is 13.9. The van der Waals surface area contributed by atoms with Crippen LogP contribution in [0.1, 0.15) is 38.2 Å². The fourth-order valence-electron chi connectivity index (χ4n) is 5.90. The predicted octanol–water partition coefficient (Wildman–Crippen LogP) is 3.17. The van der Waals surface area contributed by atoms with Gasteiger partial charge in [-0.2, -0.15) is 5.26 Å². The summed E-state index contributed by atoms with van der Waals surface area (Å²) in [6, 6.07) is 10.1. The van der Waals surface area contributed by atoms with Crippen molar-refractivity contribution in [2.45, 2.75) is 32.6 Å². The number of rotatable bonds is 2. The Morgan fingerprint density at radius 1 is 1.16 bits per heavy atom. The number of nitrogens with zero attached hydrogens (tertiary/aromatic N) is 4. The number of amides is 1. The van der Waals surface area contributed by atoms with E-state index in [0.717, 1.165) is 68.7 Å². The van der Waals surface area contributed by atoms with Gasteiger partial charge in [-0.1, -0.05) is 6.92 Å². The van der Waals surface area contributed by atoms with E-state index in [1.165, 1.54) is 12.8 Å². The minimum Gasteiger partial charge on any atom is -0.370 e. The molecule has 0 aliphatic carbocycles. The van der Waals surface area contributed by atoms with Crippen LogP contribution in [0.15, 0.2) is 30.5 Å². The second-order valence-electron chi connectivity index (χ2n) is 9.71. The van der Waals surface area contributed by atoms with Gasteiger partial charge in [-0.3, -0.25) is 9.78 Å². The van der Waals surface area contributed by atoms with Crippen molar-refractivity contribution in [3.8, 4) is 6.07 Å². The Morgan fingerprint density at radius 3 is 2.68 bits per heavy atom. The molecular weight excluding hydrogens is 386 g/mol. The Bertz CT molecular complexity index is 1010. The summed E-state index contributed by atoms with van der Waals surface area (Å²) in [7, 11) is 0. The zero-order valence-electron chi connectivity index (χ0n) is 18.3. The molecule has 0 unspecified atom stereocenters. The van der Waals surface area contributed by atoms with Gasteiger partial charge in [-0.15, -0.1) is 0 Å². The highest BCUT2D eigenvalue weighted by Crippen LogP contribution is 2.41. The van der Waals surface area contributed by atoms with Crippen LogP contribution >= 0.6 is 0 Å². The number of anilines is 1. The van der Waals surface area contributed by atoms with Crippen molar-refractivity contribution in [3.05, 3.63) is 36.0 Å². The first-order valence-corrected chi connectivity index (χ1v) is 11.6. The molecule has 1 spiro atoms. The molecule has 1 aromatic heterocycles. The lowest BCUT2D eigenvalue weighted by atomic mass is 9.71. The van der Waals surface area contributed by atoms with Gasteiger partial charge in [-0.05, 0) is 74.4 Å². The molecule has 6 nitrogen and oxygen atoms in total. The van der Waals surface area contributed by atoms with Crippen molar-refractivity contribution in [2.75, 3.05) is 44.2 Å². The van der Waals surface area contributed by atoms with Crippen molar-refractivity contribution >= 4 is 22.5 Å². The highest BCUT2D eigenvalue weighted by atomic mass is 16.2. The molecule has 31 heavy (non-hydrogen) atoms. The molecule has 0 saturated carbocycles. The SMILES string of the molecule is C[C@@H]1CN(c2ccc(C#N)c3ncccc23)C[C@H]1C(=O)N1CCC2(CCNCC2)CC1. The second kappa shape index (κ2) is 8.12. The van der Waals surface area contributed by atoms with Gasteiger partial charge in [0.25, 0.3) is 0 Å². The Labute approximate surface area is 184 Å². The number of aromatic nitrogens is 1. The first kappa shape index (κ1) is 20.3. The normalized spacial score (nSPS) is 25.7. The largest absolute Gasteiger partial charge is 0.370 e. The van der Waals surface area contributed by atoms with Crippen molar-refractivity contribution in [3.63, 3.8) is 0 Å². The standard InChI is InChI=1S/C25H31N5O/c1-18-16-30(22-5-4-19(15-26)23-20(22)3-2-10-28-23)17-21(18)24(31)29-13-8-25(9-14-29)6-11-27-12-7-25/h2-5,10,18,21,27H,6-9,11-14,16-17H2,1H3/t18-,21-/m1/s1. The van der Waals surface area contributed by atoms with Crippen LogP contribution in [0.4, 0.5) is 5.69 Å². The molecule has 2 atom stereocenters. The number of nitriles is 1. The first-order chi connectivity index (χ1) is 15.1. The van der Waals surface area contributed by atoms with E-state index in [-0.39, 0.29) is 5.92 Å². The molecule has 2 aromatic rings. The van der Waals surface area contributed by atoms with Crippen LogP contribution in [0.5, 0.6) is 0 Å². The number of carbonyl (C=O) groups is 1. The van der Waals surface area contributed by atoms with E-state index in [0.29, 0.717) is 22.8 Å². The molecule has 0 radical (unpaired) electrons. The number of carbonyl (C=O) groups excluding carboxylic acids is 1. The predicted molar refractivity (Wildman–Crippen MR) is 122 cm³/mol. The van der Waals surface area contributed by atoms with Crippen LogP contribution in [-0.4, -0.2) is 55.1 Å². The van der Waals surface area contributed by atoms with E-state index in [4.69, 9.17) is 0 Å². The quantitative estimate of drug-likeness (QED) is 0.813. The summed E-state index contributed by atoms with van der Waals surface area (Å²) in [5.74, 6) is 0.670. The summed E-state index contributed by atoms with van der Waals surface area (Å²) < 4.78 is 0. The molecule has 6 heteroatoms. The summed E-state index contributed by atoms with van der Waals surface area (Å²) in [5.41, 5.74) is 2.88. The number of likely N-dealkylation sites (tertiary alicyclic amines) is 1. The van der Waals surface area contributed by atoms with Crippen LogP contribution in [0.3, 0.4) is 0 Å². The van der Waals surface area contributed by atoms with E-state index < -0.39 is 0 Å². The summed E-state index contributed by atoms with van der Waals surface area (Å²) >= 11 is 0. The van der Waals surface area contributed by atoms with Gasteiger partial charge >= 0.3 is 0 Å². The van der Waals surface area contributed by atoms with Gasteiger partial charge in [0, 0.05) is 43.4 Å². The number of benzene rings is 1. The molecule has 4 heterocycles. The monoisotopic (exact) mass is 417 g/mol. The van der Waals surface area contributed by atoms with Gasteiger partial charge in [0.1, 0.15) is 6.07 Å². The van der Waals surface area contributed by atoms with Crippen LogP contribution in [0.25, 0.3) is 10.9 Å². The Hall–Kier alpha value is -2.65. The molecule has 1 amide bonds. The highest BCUT2D eigenvalue weighted by molar-refractivity contribution is 5.95. The average Bonchev–Trinajstić information content (AvgIpc) is 3.20. The lowest BCUT2D eigenvalue weighted by molar-refractivity contribution is -0.138. The Balaban J connectivity index is 1.31. The number of pyridine rings is 1. The molecule has 3 saturated heterocycles. The van der Waals surface area contributed by atoms with Gasteiger partial charge in [-0.25, -0.2) is 0 Å². The average molecular weight is 418 g/mol. The number of piperidine rings is 2. The molecule has 1 N–H and O–H groups in total. The number of hydrogen-bond acceptors (Lipinski definition) is 5. The van der Waals surface area contributed by atoms with Crippen LogP contribution in [0.2, 0.25) is 0 Å². The van der Waals surface area contributed by atoms with E-state index in [1.54, 1.807) is 6.20 Å². The minimum absolute atomic E-state index is 0.0319. The number of hydrogen-bond donors (Lipinski definition) is 1. The molecule has 3 aliphatic rings. The van der Waals surface area contributed by atoms with Gasteiger partial charge in [0.15, 0.2) is 0 Å². The topological polar surface area (TPSA) is 72.3 Å². The van der Waals surface area contributed by atoms with Crippen molar-refractivity contribution in [1.82, 2.24) is 15.2 Å². The van der Waals surface area contributed by atoms with Crippen molar-refractivity contribution in [2.24, 2.45) is 17.3 Å². The third-order valence-corrected chi connectivity index (χ3v) is 7.94. The zero-order valence-corrected chi connectivity index (χ0v) is 18.3. The lowest BCUT2D eigenvalue weighted by Crippen LogP contribution is -2.49. The third-order valence-electron chi connectivity index (χ3n) is 7.94. The second-order valence-corrected chi connectivity index (χ2v) is 9.71. The number of nitrogens with one attached hydrogen (secondary N) is 1. The number of fused-ring (bicyclic) bond motifs is 1. The maximum Gasteiger partial charge on any atom is 0.227 e. The molecule has 0 bridgehead atoms. The molecular formula is C25H31N5O. The minimum atomic E-state index is 0.0319. The van der Waals surface area contributed by atoms with Gasteiger partial charge in [0.05, 0.1) is 17.0 Å². The van der Waals surface area contributed by atoms with Gasteiger partial charge in [0.2, 0.25) is 5.91 Å². The summed E-state index contributed by atoms with van der Waals surface area (Å²) in [6.45, 7) is 7.85. The van der Waals surface area contributed by atoms with Crippen molar-refractivity contribution < 1.29 is 4.79 Å². The smallest absolute Gasteiger partial charge is 0.227 e. The molecule has 3 fully saturated rings. The summed E-state index contributed by atoms with van der Waals surface area (Å²) in [4.78, 5) is 22.3. The van der Waals surface area contributed by atoms with Crippen LogP contribution in [-0.2, 0) is 4.79 Å². The Morgan fingerprint density at radius 2 is 1.94 bits per heavy atom. The maximum absolute atomic E-state index is 13.5. The van der Waals surface area contributed by atoms with Crippen molar-refractivity contribution in [1.29, 1.82) is 5.26 Å². The van der Waals surface area contributed by atoms with E-state index >= 15 is 0 Å². The third kappa shape index (κ3) is 3.65. The van der Waals surface area contributed by atoms with Crippen LogP contribution < -0.4 is 10.2 Å². The molecule has 5 rings (SSSR count). The molecule has 1 aromatic carbocycles. The lowest BCUT2D eigenvalue weighted by Gasteiger charge is -2.45. The molecule has 162 valence electrons. The van der Waals surface area contributed by atoms with Crippen LogP contribution in [0, 0.1) is 28.6 Å². The fraction of sp³-hybridized carbons (Fsp3) is 0.560. The zero-order chi connectivity index (χ0) is 21.4. The fourth-order valence-corrected chi connectivity index (χ4v) is 5.90.